The molecule has 1 heterocycles. The van der Waals surface area contributed by atoms with E-state index < -0.39 is 40.1 Å². The number of piperidine rings is 1. The molecule has 0 amide bonds. The standard InChI is InChI=1S/C8H7BrClF6N/c9-3-1-2-4(10)5(3)17-6(2,7(11,12)13)8(14,15)16/h2-5,17H,1H2/p+1/t2-,3+,4+,5+/m0/s1. The van der Waals surface area contributed by atoms with Gasteiger partial charge in [0.25, 0.3) is 5.54 Å². The van der Waals surface area contributed by atoms with Crippen molar-refractivity contribution < 1.29 is 31.7 Å². The van der Waals surface area contributed by atoms with Crippen LogP contribution in [-0.2, 0) is 0 Å². The molecule has 1 aliphatic carbocycles. The molecule has 0 aromatic carbocycles. The minimum atomic E-state index is -5.36. The minimum Gasteiger partial charge on any atom is -0.321 e. The molecule has 1 saturated carbocycles. The van der Waals surface area contributed by atoms with Crippen molar-refractivity contribution in [3.8, 4) is 0 Å². The summed E-state index contributed by atoms with van der Waals surface area (Å²) in [5.41, 5.74) is -3.75. The van der Waals surface area contributed by atoms with Gasteiger partial charge in [0.1, 0.15) is 6.04 Å². The fraction of sp³-hybridized carbons (Fsp3) is 1.00. The third-order valence-corrected chi connectivity index (χ3v) is 5.21. The first kappa shape index (κ1) is 13.7. The second kappa shape index (κ2) is 3.66. The molecular formula is C8H8BrClF6N+. The molecule has 0 aromatic heterocycles. The zero-order chi connectivity index (χ0) is 13.2. The van der Waals surface area contributed by atoms with Crippen LogP contribution < -0.4 is 5.32 Å². The first-order valence-electron chi connectivity index (χ1n) is 4.80. The predicted octanol–water partition coefficient (Wildman–Crippen LogP) is 2.19. The van der Waals surface area contributed by atoms with E-state index in [1.54, 1.807) is 0 Å². The van der Waals surface area contributed by atoms with E-state index in [9.17, 15) is 26.3 Å². The lowest BCUT2D eigenvalue weighted by Gasteiger charge is -2.38. The Morgan fingerprint density at radius 1 is 1.12 bits per heavy atom. The normalized spacial score (nSPS) is 40.9. The fourth-order valence-electron chi connectivity index (χ4n) is 2.83. The second-order valence-corrected chi connectivity index (χ2v) is 6.09. The van der Waals surface area contributed by atoms with E-state index in [0.717, 1.165) is 0 Å². The molecule has 0 unspecified atom stereocenters. The molecule has 2 rings (SSSR count). The van der Waals surface area contributed by atoms with Crippen molar-refractivity contribution in [3.63, 3.8) is 0 Å². The fourth-order valence-corrected chi connectivity index (χ4v) is 4.44. The van der Waals surface area contributed by atoms with E-state index in [0.29, 0.717) is 5.32 Å². The molecule has 100 valence electrons. The van der Waals surface area contributed by atoms with E-state index in [1.165, 1.54) is 0 Å². The number of alkyl halides is 8. The summed E-state index contributed by atoms with van der Waals surface area (Å²) in [6.45, 7) is 0. The molecule has 2 bridgehead atoms. The highest BCUT2D eigenvalue weighted by Crippen LogP contribution is 2.55. The summed E-state index contributed by atoms with van der Waals surface area (Å²) in [5, 5.41) is -0.777. The van der Waals surface area contributed by atoms with E-state index in [1.807, 2.05) is 0 Å². The molecule has 1 saturated heterocycles. The van der Waals surface area contributed by atoms with E-state index in [2.05, 4.69) is 15.9 Å². The highest BCUT2D eigenvalue weighted by atomic mass is 79.9. The molecule has 17 heavy (non-hydrogen) atoms. The molecule has 1 aliphatic heterocycles. The topological polar surface area (TPSA) is 16.6 Å². The zero-order valence-corrected chi connectivity index (χ0v) is 10.5. The monoisotopic (exact) mass is 346 g/mol. The van der Waals surface area contributed by atoms with Crippen molar-refractivity contribution in [1.82, 2.24) is 0 Å². The Labute approximate surface area is 106 Å². The van der Waals surface area contributed by atoms with Crippen LogP contribution in [0, 0.1) is 5.92 Å². The van der Waals surface area contributed by atoms with Crippen molar-refractivity contribution in [2.75, 3.05) is 0 Å². The Kier molecular flexibility index (Phi) is 2.96. The van der Waals surface area contributed by atoms with Gasteiger partial charge >= 0.3 is 12.4 Å². The summed E-state index contributed by atoms with van der Waals surface area (Å²) >= 11 is 8.78. The molecule has 0 aromatic rings. The summed E-state index contributed by atoms with van der Waals surface area (Å²) in [6, 6.07) is -0.898. The summed E-state index contributed by atoms with van der Waals surface area (Å²) in [6.07, 6.45) is -10.9. The number of quaternary nitrogens is 1. The summed E-state index contributed by atoms with van der Waals surface area (Å²) in [4.78, 5) is -0.409. The Morgan fingerprint density at radius 2 is 1.59 bits per heavy atom. The van der Waals surface area contributed by atoms with Gasteiger partial charge in [0.15, 0.2) is 0 Å². The Balaban J connectivity index is 2.48. The first-order chi connectivity index (χ1) is 7.52. The quantitative estimate of drug-likeness (QED) is 0.511. The van der Waals surface area contributed by atoms with Crippen LogP contribution in [0.1, 0.15) is 6.42 Å². The van der Waals surface area contributed by atoms with Crippen LogP contribution in [-0.4, -0.2) is 34.1 Å². The van der Waals surface area contributed by atoms with Gasteiger partial charge in [-0.3, -0.25) is 0 Å². The SMILES string of the molecule is FC(F)(F)C1(C(F)(F)F)[NH2+][C@H]2[C@H](Cl)[C@@H]1C[C@H]2Br. The lowest BCUT2D eigenvalue weighted by Crippen LogP contribution is -3.07. The molecule has 0 spiro atoms. The molecular weight excluding hydrogens is 339 g/mol. The smallest absolute Gasteiger partial charge is 0.321 e. The van der Waals surface area contributed by atoms with Crippen molar-refractivity contribution in [1.29, 1.82) is 0 Å². The van der Waals surface area contributed by atoms with Crippen LogP contribution in [0.15, 0.2) is 0 Å². The molecule has 4 atom stereocenters. The average Bonchev–Trinajstić information content (AvgIpc) is 2.53. The number of fused-ring (bicyclic) bond motifs is 2. The number of rotatable bonds is 0. The van der Waals surface area contributed by atoms with E-state index in [4.69, 9.17) is 11.6 Å². The molecule has 9 heteroatoms. The Bertz CT molecular complexity index is 315. The lowest BCUT2D eigenvalue weighted by molar-refractivity contribution is -0.794. The molecule has 2 aliphatic rings. The van der Waals surface area contributed by atoms with Crippen LogP contribution in [0.3, 0.4) is 0 Å². The largest absolute Gasteiger partial charge is 0.454 e. The maximum absolute atomic E-state index is 12.8. The van der Waals surface area contributed by atoms with Crippen molar-refractivity contribution >= 4 is 27.5 Å². The van der Waals surface area contributed by atoms with Crippen LogP contribution >= 0.6 is 27.5 Å². The summed E-state index contributed by atoms with van der Waals surface area (Å²) < 4.78 is 77.1. The summed E-state index contributed by atoms with van der Waals surface area (Å²) in [5.74, 6) is -1.64. The maximum atomic E-state index is 12.8. The van der Waals surface area contributed by atoms with Gasteiger partial charge in [-0.25, -0.2) is 0 Å². The van der Waals surface area contributed by atoms with Gasteiger partial charge in [-0.2, -0.15) is 26.3 Å². The number of halogens is 8. The maximum Gasteiger partial charge on any atom is 0.454 e. The molecule has 1 nitrogen and oxygen atoms in total. The highest BCUT2D eigenvalue weighted by molar-refractivity contribution is 9.09. The first-order valence-corrected chi connectivity index (χ1v) is 6.15. The van der Waals surface area contributed by atoms with Crippen LogP contribution in [0.2, 0.25) is 0 Å². The van der Waals surface area contributed by atoms with Crippen molar-refractivity contribution in [3.05, 3.63) is 0 Å². The van der Waals surface area contributed by atoms with Crippen LogP contribution in [0.5, 0.6) is 0 Å². The molecule has 2 N–H and O–H groups in total. The van der Waals surface area contributed by atoms with Crippen LogP contribution in [0.25, 0.3) is 0 Å². The molecule has 2 fully saturated rings. The number of hydrogen-bond acceptors (Lipinski definition) is 0. The van der Waals surface area contributed by atoms with Crippen LogP contribution in [0.4, 0.5) is 26.3 Å². The van der Waals surface area contributed by atoms with Gasteiger partial charge < -0.3 is 5.32 Å². The van der Waals surface area contributed by atoms with Gasteiger partial charge in [-0.05, 0) is 6.42 Å². The number of hydrogen-bond donors (Lipinski definition) is 1. The highest BCUT2D eigenvalue weighted by Gasteiger charge is 2.85. The predicted molar refractivity (Wildman–Crippen MR) is 51.0 cm³/mol. The average molecular weight is 348 g/mol. The van der Waals surface area contributed by atoms with Gasteiger partial charge in [0.2, 0.25) is 0 Å². The van der Waals surface area contributed by atoms with Gasteiger partial charge in [-0.15, -0.1) is 11.6 Å². The number of nitrogens with two attached hydrogens (primary N) is 1. The van der Waals surface area contributed by atoms with Crippen molar-refractivity contribution in [2.24, 2.45) is 5.92 Å². The lowest BCUT2D eigenvalue weighted by atomic mass is 9.82. The Morgan fingerprint density at radius 3 is 1.82 bits per heavy atom. The third kappa shape index (κ3) is 1.63. The Hall–Kier alpha value is 0.310. The summed E-state index contributed by atoms with van der Waals surface area (Å²) in [7, 11) is 0. The zero-order valence-electron chi connectivity index (χ0n) is 8.12. The van der Waals surface area contributed by atoms with Gasteiger partial charge in [0.05, 0.1) is 16.1 Å². The second-order valence-electron chi connectivity index (χ2n) is 4.41. The van der Waals surface area contributed by atoms with E-state index in [-0.39, 0.29) is 6.42 Å². The van der Waals surface area contributed by atoms with Crippen molar-refractivity contribution in [2.45, 2.75) is 40.6 Å². The van der Waals surface area contributed by atoms with Gasteiger partial charge in [-0.1, -0.05) is 15.9 Å². The van der Waals surface area contributed by atoms with E-state index >= 15 is 0 Å². The third-order valence-electron chi connectivity index (χ3n) is 3.63. The minimum absolute atomic E-state index is 0.214. The molecule has 0 radical (unpaired) electrons. The van der Waals surface area contributed by atoms with Gasteiger partial charge in [0, 0.05) is 0 Å².